The van der Waals surface area contributed by atoms with Gasteiger partial charge in [0.05, 0.1) is 0 Å². The van der Waals surface area contributed by atoms with Gasteiger partial charge in [0.2, 0.25) is 0 Å². The van der Waals surface area contributed by atoms with E-state index in [9.17, 15) is 0 Å². The standard InChI is InChI=1S/C30H28S2/c1-3-5-7-23-15-21-13-19-9-11-26-25(27(19)17-29(21)31-23)12-10-20-14-22-16-24(8-6-4-2)32-30(22)18-28(20)26/h9-18H,3-8H2,1-2H3. The topological polar surface area (TPSA) is 0 Å². The van der Waals surface area contributed by atoms with Gasteiger partial charge in [-0.25, -0.2) is 0 Å². The molecule has 32 heavy (non-hydrogen) atoms. The molecule has 4 aromatic carbocycles. The maximum Gasteiger partial charge on any atom is 0.0352 e. The Labute approximate surface area is 197 Å². The second-order valence-corrected chi connectivity index (χ2v) is 11.4. The van der Waals surface area contributed by atoms with Crippen LogP contribution in [0.1, 0.15) is 49.3 Å². The monoisotopic (exact) mass is 452 g/mol. The van der Waals surface area contributed by atoms with E-state index in [-0.39, 0.29) is 0 Å². The van der Waals surface area contributed by atoms with Gasteiger partial charge >= 0.3 is 0 Å². The van der Waals surface area contributed by atoms with Crippen LogP contribution < -0.4 is 0 Å². The van der Waals surface area contributed by atoms with Crippen LogP contribution >= 0.6 is 22.7 Å². The van der Waals surface area contributed by atoms with E-state index in [1.165, 1.54) is 101 Å². The van der Waals surface area contributed by atoms with Crippen LogP contribution in [0.5, 0.6) is 0 Å². The maximum atomic E-state index is 2.44. The first-order chi connectivity index (χ1) is 15.7. The molecule has 2 heteroatoms. The van der Waals surface area contributed by atoms with Crippen LogP contribution in [0.15, 0.2) is 60.7 Å². The van der Waals surface area contributed by atoms with Crippen molar-refractivity contribution >= 4 is 75.2 Å². The number of unbranched alkanes of at least 4 members (excludes halogenated alkanes) is 2. The first kappa shape index (κ1) is 20.2. The van der Waals surface area contributed by atoms with Crippen molar-refractivity contribution < 1.29 is 0 Å². The molecule has 2 heterocycles. The molecule has 0 aliphatic heterocycles. The second-order valence-electron chi connectivity index (χ2n) is 9.08. The lowest BCUT2D eigenvalue weighted by Gasteiger charge is -2.08. The molecule has 0 aliphatic carbocycles. The predicted molar refractivity (Wildman–Crippen MR) is 147 cm³/mol. The van der Waals surface area contributed by atoms with E-state index in [1.807, 2.05) is 22.7 Å². The summed E-state index contributed by atoms with van der Waals surface area (Å²) in [5.41, 5.74) is 0. The number of rotatable bonds is 6. The van der Waals surface area contributed by atoms with Gasteiger partial charge in [0.15, 0.2) is 0 Å². The molecule has 0 saturated carbocycles. The highest BCUT2D eigenvalue weighted by atomic mass is 32.1. The number of aryl methyl sites for hydroxylation is 2. The Morgan fingerprint density at radius 1 is 0.500 bits per heavy atom. The molecule has 160 valence electrons. The van der Waals surface area contributed by atoms with Gasteiger partial charge in [0.25, 0.3) is 0 Å². The summed E-state index contributed by atoms with van der Waals surface area (Å²) in [4.78, 5) is 3.04. The molecule has 0 fully saturated rings. The largest absolute Gasteiger partial charge is 0.140 e. The average Bonchev–Trinajstić information content (AvgIpc) is 3.40. The van der Waals surface area contributed by atoms with Gasteiger partial charge in [-0.15, -0.1) is 22.7 Å². The Kier molecular flexibility index (Phi) is 5.16. The van der Waals surface area contributed by atoms with Crippen molar-refractivity contribution in [2.24, 2.45) is 0 Å². The number of thiophene rings is 2. The summed E-state index contributed by atoms with van der Waals surface area (Å²) in [5.74, 6) is 0. The van der Waals surface area contributed by atoms with E-state index in [4.69, 9.17) is 0 Å². The predicted octanol–water partition coefficient (Wildman–Crippen LogP) is 10.3. The number of hydrogen-bond acceptors (Lipinski definition) is 2. The third-order valence-corrected chi connectivity index (χ3v) is 9.08. The minimum absolute atomic E-state index is 1.20. The molecule has 0 unspecified atom stereocenters. The Morgan fingerprint density at radius 2 is 0.969 bits per heavy atom. The van der Waals surface area contributed by atoms with Crippen LogP contribution in [0.4, 0.5) is 0 Å². The summed E-state index contributed by atoms with van der Waals surface area (Å²) < 4.78 is 2.84. The van der Waals surface area contributed by atoms with Crippen LogP contribution in [-0.4, -0.2) is 0 Å². The number of benzene rings is 4. The molecule has 0 N–H and O–H groups in total. The molecule has 6 aromatic rings. The van der Waals surface area contributed by atoms with Gasteiger partial charge in [0.1, 0.15) is 0 Å². The lowest BCUT2D eigenvalue weighted by atomic mass is 9.96. The highest BCUT2D eigenvalue weighted by Crippen LogP contribution is 2.38. The van der Waals surface area contributed by atoms with Crippen molar-refractivity contribution in [3.8, 4) is 0 Å². The summed E-state index contributed by atoms with van der Waals surface area (Å²) in [7, 11) is 0. The van der Waals surface area contributed by atoms with E-state index in [2.05, 4.69) is 74.5 Å². The summed E-state index contributed by atoms with van der Waals surface area (Å²) in [6.07, 6.45) is 7.47. The van der Waals surface area contributed by atoms with E-state index in [0.717, 1.165) is 0 Å². The van der Waals surface area contributed by atoms with Crippen molar-refractivity contribution in [2.45, 2.75) is 52.4 Å². The van der Waals surface area contributed by atoms with E-state index in [1.54, 1.807) is 0 Å². The van der Waals surface area contributed by atoms with Crippen molar-refractivity contribution in [1.29, 1.82) is 0 Å². The first-order valence-corrected chi connectivity index (χ1v) is 13.6. The smallest absolute Gasteiger partial charge is 0.0352 e. The number of fused-ring (bicyclic) bond motifs is 7. The van der Waals surface area contributed by atoms with Crippen LogP contribution in [-0.2, 0) is 12.8 Å². The molecule has 0 amide bonds. The number of hydrogen-bond donors (Lipinski definition) is 0. The van der Waals surface area contributed by atoms with E-state index in [0.29, 0.717) is 0 Å². The summed E-state index contributed by atoms with van der Waals surface area (Å²) >= 11 is 3.95. The molecule has 0 bridgehead atoms. The van der Waals surface area contributed by atoms with E-state index < -0.39 is 0 Å². The molecule has 0 spiro atoms. The minimum atomic E-state index is 1.20. The highest BCUT2D eigenvalue weighted by molar-refractivity contribution is 7.19. The van der Waals surface area contributed by atoms with Crippen molar-refractivity contribution in [3.05, 3.63) is 70.4 Å². The third-order valence-electron chi connectivity index (χ3n) is 6.76. The van der Waals surface area contributed by atoms with Gasteiger partial charge in [0, 0.05) is 19.2 Å². The molecule has 0 aliphatic rings. The zero-order chi connectivity index (χ0) is 21.7. The molecular weight excluding hydrogens is 424 g/mol. The van der Waals surface area contributed by atoms with Crippen molar-refractivity contribution in [2.75, 3.05) is 0 Å². The third kappa shape index (κ3) is 3.41. The van der Waals surface area contributed by atoms with Gasteiger partial charge < -0.3 is 0 Å². The molecule has 2 aromatic heterocycles. The van der Waals surface area contributed by atoms with Crippen LogP contribution in [0, 0.1) is 0 Å². The van der Waals surface area contributed by atoms with Crippen LogP contribution in [0.3, 0.4) is 0 Å². The zero-order valence-electron chi connectivity index (χ0n) is 18.8. The highest BCUT2D eigenvalue weighted by Gasteiger charge is 2.10. The minimum Gasteiger partial charge on any atom is -0.140 e. The SMILES string of the molecule is CCCCc1cc2cc3ccc4c5cc6sc(CCCC)cc6cc5ccc4c3cc2s1. The fourth-order valence-electron chi connectivity index (χ4n) is 5.01. The molecule has 0 saturated heterocycles. The van der Waals surface area contributed by atoms with E-state index >= 15 is 0 Å². The average molecular weight is 453 g/mol. The summed E-state index contributed by atoms with van der Waals surface area (Å²) in [6, 6.07) is 23.8. The fraction of sp³-hybridized carbons (Fsp3) is 0.267. The zero-order valence-corrected chi connectivity index (χ0v) is 20.5. The van der Waals surface area contributed by atoms with Gasteiger partial charge in [-0.3, -0.25) is 0 Å². The van der Waals surface area contributed by atoms with Crippen LogP contribution in [0.2, 0.25) is 0 Å². The van der Waals surface area contributed by atoms with Gasteiger partial charge in [-0.1, -0.05) is 51.0 Å². The Balaban J connectivity index is 1.54. The lowest BCUT2D eigenvalue weighted by molar-refractivity contribution is 0.804. The molecule has 6 rings (SSSR count). The van der Waals surface area contributed by atoms with Crippen molar-refractivity contribution in [3.63, 3.8) is 0 Å². The Morgan fingerprint density at radius 3 is 1.41 bits per heavy atom. The molecule has 0 nitrogen and oxygen atoms in total. The fourth-order valence-corrected chi connectivity index (χ4v) is 7.26. The van der Waals surface area contributed by atoms with Gasteiger partial charge in [-0.05, 0) is 105 Å². The second kappa shape index (κ2) is 8.17. The molecular formula is C30H28S2. The lowest BCUT2D eigenvalue weighted by Crippen LogP contribution is -1.81. The quantitative estimate of drug-likeness (QED) is 0.220. The van der Waals surface area contributed by atoms with Crippen LogP contribution in [0.25, 0.3) is 52.5 Å². The molecule has 0 atom stereocenters. The van der Waals surface area contributed by atoms with Gasteiger partial charge in [-0.2, -0.15) is 0 Å². The summed E-state index contributed by atoms with van der Waals surface area (Å²) in [6.45, 7) is 4.54. The first-order valence-electron chi connectivity index (χ1n) is 12.0. The Bertz CT molecular complexity index is 1470. The summed E-state index contributed by atoms with van der Waals surface area (Å²) in [5, 5.41) is 11.0. The normalized spacial score (nSPS) is 12.2. The Hall–Kier alpha value is -2.42. The molecule has 0 radical (unpaired) electrons. The van der Waals surface area contributed by atoms with Crippen molar-refractivity contribution in [1.82, 2.24) is 0 Å². The maximum absolute atomic E-state index is 2.44.